The van der Waals surface area contributed by atoms with E-state index in [0.29, 0.717) is 6.61 Å². The summed E-state index contributed by atoms with van der Waals surface area (Å²) in [6.07, 6.45) is 2.06. The molecule has 1 fully saturated rings. The zero-order valence-electron chi connectivity index (χ0n) is 9.73. The van der Waals surface area contributed by atoms with Crippen molar-refractivity contribution < 1.29 is 19.1 Å². The first kappa shape index (κ1) is 11.2. The molecule has 0 aromatic rings. The third-order valence-corrected chi connectivity index (χ3v) is 3.75. The number of rotatable bonds is 1. The minimum atomic E-state index is -0.394. The molecule has 1 aliphatic heterocycles. The van der Waals surface area contributed by atoms with Crippen molar-refractivity contribution in [3.05, 3.63) is 11.6 Å². The fraction of sp³-hybridized carbons (Fsp3) is 0.667. The summed E-state index contributed by atoms with van der Waals surface area (Å²) in [6, 6.07) is 0. The van der Waals surface area contributed by atoms with Gasteiger partial charge in [0.05, 0.1) is 25.6 Å². The maximum atomic E-state index is 11.8. The summed E-state index contributed by atoms with van der Waals surface area (Å²) < 4.78 is 9.82. The van der Waals surface area contributed by atoms with Crippen LogP contribution in [0.15, 0.2) is 11.6 Å². The molecule has 1 saturated heterocycles. The molecule has 1 aliphatic carbocycles. The molecule has 4 atom stereocenters. The van der Waals surface area contributed by atoms with Gasteiger partial charge in [-0.25, -0.2) is 0 Å². The molecular formula is C12H16O4. The molecule has 0 bridgehead atoms. The molecule has 0 saturated carbocycles. The molecule has 0 spiro atoms. The number of esters is 2. The number of carbonyl (C=O) groups is 2. The smallest absolute Gasteiger partial charge is 0.310 e. The van der Waals surface area contributed by atoms with E-state index in [4.69, 9.17) is 9.47 Å². The van der Waals surface area contributed by atoms with Crippen LogP contribution in [-0.2, 0) is 19.1 Å². The van der Waals surface area contributed by atoms with Crippen LogP contribution in [0, 0.1) is 23.7 Å². The molecule has 88 valence electrons. The lowest BCUT2D eigenvalue weighted by atomic mass is 9.69. The van der Waals surface area contributed by atoms with Gasteiger partial charge in [-0.3, -0.25) is 9.59 Å². The number of fused-ring (bicyclic) bond motifs is 1. The first-order valence-electron chi connectivity index (χ1n) is 5.49. The zero-order valence-corrected chi connectivity index (χ0v) is 9.73. The average molecular weight is 224 g/mol. The predicted octanol–water partition coefficient (Wildman–Crippen LogP) is 1.16. The predicted molar refractivity (Wildman–Crippen MR) is 56.4 cm³/mol. The molecule has 1 heterocycles. The van der Waals surface area contributed by atoms with Crippen LogP contribution < -0.4 is 0 Å². The second-order valence-corrected chi connectivity index (χ2v) is 4.57. The molecule has 16 heavy (non-hydrogen) atoms. The van der Waals surface area contributed by atoms with E-state index < -0.39 is 5.92 Å². The van der Waals surface area contributed by atoms with Crippen molar-refractivity contribution in [2.45, 2.75) is 13.8 Å². The van der Waals surface area contributed by atoms with Crippen LogP contribution in [-0.4, -0.2) is 25.7 Å². The van der Waals surface area contributed by atoms with Gasteiger partial charge < -0.3 is 9.47 Å². The molecular weight excluding hydrogens is 208 g/mol. The number of carbonyl (C=O) groups excluding carboxylic acids is 2. The Hall–Kier alpha value is -1.32. The van der Waals surface area contributed by atoms with Crippen molar-refractivity contribution in [1.82, 2.24) is 0 Å². The Morgan fingerprint density at radius 2 is 2.25 bits per heavy atom. The summed E-state index contributed by atoms with van der Waals surface area (Å²) in [5.74, 6) is -1.25. The molecule has 0 amide bonds. The van der Waals surface area contributed by atoms with Crippen LogP contribution in [0.4, 0.5) is 0 Å². The minimum Gasteiger partial charge on any atom is -0.469 e. The minimum absolute atomic E-state index is 0.0350. The number of hydrogen-bond donors (Lipinski definition) is 0. The first-order chi connectivity index (χ1) is 7.56. The van der Waals surface area contributed by atoms with E-state index in [1.54, 1.807) is 0 Å². The van der Waals surface area contributed by atoms with Gasteiger partial charge in [0.25, 0.3) is 0 Å². The maximum Gasteiger partial charge on any atom is 0.310 e. The maximum absolute atomic E-state index is 11.8. The quantitative estimate of drug-likeness (QED) is 0.495. The van der Waals surface area contributed by atoms with Crippen LogP contribution >= 0.6 is 0 Å². The number of ether oxygens (including phenoxy) is 2. The van der Waals surface area contributed by atoms with Gasteiger partial charge in [-0.05, 0) is 12.8 Å². The normalized spacial score (nSPS) is 37.4. The summed E-state index contributed by atoms with van der Waals surface area (Å²) in [6.45, 7) is 4.33. The Bertz CT molecular complexity index is 358. The van der Waals surface area contributed by atoms with Gasteiger partial charge in [0.1, 0.15) is 0 Å². The Morgan fingerprint density at radius 3 is 2.88 bits per heavy atom. The van der Waals surface area contributed by atoms with Crippen LogP contribution in [0.3, 0.4) is 0 Å². The van der Waals surface area contributed by atoms with Gasteiger partial charge in [0, 0.05) is 5.92 Å². The third kappa shape index (κ3) is 1.52. The highest BCUT2D eigenvalue weighted by Crippen LogP contribution is 2.42. The van der Waals surface area contributed by atoms with Crippen molar-refractivity contribution in [1.29, 1.82) is 0 Å². The lowest BCUT2D eigenvalue weighted by Gasteiger charge is -2.32. The van der Waals surface area contributed by atoms with Gasteiger partial charge in [-0.15, -0.1) is 0 Å². The first-order valence-corrected chi connectivity index (χ1v) is 5.49. The van der Waals surface area contributed by atoms with E-state index in [2.05, 4.69) is 6.08 Å². The lowest BCUT2D eigenvalue weighted by Crippen LogP contribution is -2.39. The Labute approximate surface area is 94.6 Å². The fourth-order valence-electron chi connectivity index (χ4n) is 2.69. The highest BCUT2D eigenvalue weighted by atomic mass is 16.5. The monoisotopic (exact) mass is 224 g/mol. The van der Waals surface area contributed by atoms with E-state index in [1.807, 2.05) is 13.8 Å². The summed E-state index contributed by atoms with van der Waals surface area (Å²) in [4.78, 5) is 23.4. The third-order valence-electron chi connectivity index (χ3n) is 3.75. The number of methoxy groups -OCH3 is 1. The van der Waals surface area contributed by atoms with Crippen molar-refractivity contribution in [3.8, 4) is 0 Å². The van der Waals surface area contributed by atoms with E-state index in [1.165, 1.54) is 7.11 Å². The van der Waals surface area contributed by atoms with Gasteiger partial charge in [0.2, 0.25) is 0 Å². The topological polar surface area (TPSA) is 52.6 Å². The van der Waals surface area contributed by atoms with E-state index in [-0.39, 0.29) is 29.7 Å². The van der Waals surface area contributed by atoms with Crippen LogP contribution in [0.5, 0.6) is 0 Å². The number of allylic oxidation sites excluding steroid dienone is 1. The zero-order chi connectivity index (χ0) is 11.9. The number of cyclic esters (lactones) is 1. The highest BCUT2D eigenvalue weighted by Gasteiger charge is 2.50. The van der Waals surface area contributed by atoms with Gasteiger partial charge in [0.15, 0.2) is 0 Å². The molecule has 0 aromatic carbocycles. The largest absolute Gasteiger partial charge is 0.469 e. The van der Waals surface area contributed by atoms with Crippen LogP contribution in [0.1, 0.15) is 13.8 Å². The van der Waals surface area contributed by atoms with Gasteiger partial charge in [-0.2, -0.15) is 0 Å². The highest BCUT2D eigenvalue weighted by molar-refractivity contribution is 5.84. The molecule has 0 N–H and O–H groups in total. The SMILES string of the molecule is COC(=O)[C@H]1[C@@H]2C(=O)OC[C@H]2C=C(C)[C@H]1C. The molecule has 2 rings (SSSR count). The summed E-state index contributed by atoms with van der Waals surface area (Å²) in [7, 11) is 1.36. The fourth-order valence-corrected chi connectivity index (χ4v) is 2.69. The standard InChI is InChI=1S/C12H16O4/c1-6-4-8-5-16-12(14)10(8)9(7(6)2)11(13)15-3/h4,7-10H,5H2,1-3H3/t7-,8-,9-,10-/m1/s1. The molecule has 0 aromatic heterocycles. The summed E-state index contributed by atoms with van der Waals surface area (Å²) >= 11 is 0. The van der Waals surface area contributed by atoms with Crippen LogP contribution in [0.2, 0.25) is 0 Å². The van der Waals surface area contributed by atoms with Crippen molar-refractivity contribution >= 4 is 11.9 Å². The molecule has 0 unspecified atom stereocenters. The Kier molecular flexibility index (Phi) is 2.74. The summed E-state index contributed by atoms with van der Waals surface area (Å²) in [5, 5.41) is 0. The van der Waals surface area contributed by atoms with E-state index >= 15 is 0 Å². The van der Waals surface area contributed by atoms with Crippen molar-refractivity contribution in [2.24, 2.45) is 23.7 Å². The Balaban J connectivity index is 2.37. The van der Waals surface area contributed by atoms with E-state index in [0.717, 1.165) is 5.57 Å². The van der Waals surface area contributed by atoms with E-state index in [9.17, 15) is 9.59 Å². The number of hydrogen-bond acceptors (Lipinski definition) is 4. The van der Waals surface area contributed by atoms with Gasteiger partial charge >= 0.3 is 11.9 Å². The molecule has 2 aliphatic rings. The second-order valence-electron chi connectivity index (χ2n) is 4.57. The lowest BCUT2D eigenvalue weighted by molar-refractivity contribution is -0.156. The second kappa shape index (κ2) is 3.92. The molecule has 4 nitrogen and oxygen atoms in total. The summed E-state index contributed by atoms with van der Waals surface area (Å²) in [5.41, 5.74) is 1.13. The van der Waals surface area contributed by atoms with Crippen LogP contribution in [0.25, 0.3) is 0 Å². The average Bonchev–Trinajstić information content (AvgIpc) is 2.61. The molecule has 4 heteroatoms. The van der Waals surface area contributed by atoms with Crippen molar-refractivity contribution in [2.75, 3.05) is 13.7 Å². The molecule has 0 radical (unpaired) electrons. The Morgan fingerprint density at radius 1 is 1.56 bits per heavy atom. The van der Waals surface area contributed by atoms with Crippen molar-refractivity contribution in [3.63, 3.8) is 0 Å². The van der Waals surface area contributed by atoms with Gasteiger partial charge in [-0.1, -0.05) is 18.6 Å².